The molecular formula is C17H28BrNO. The molecule has 0 aliphatic heterocycles. The molecule has 0 radical (unpaired) electrons. The van der Waals surface area contributed by atoms with Crippen LogP contribution in [0.3, 0.4) is 0 Å². The highest BCUT2D eigenvalue weighted by atomic mass is 79.9. The minimum atomic E-state index is 0.227. The van der Waals surface area contributed by atoms with Gasteiger partial charge in [0.2, 0.25) is 0 Å². The van der Waals surface area contributed by atoms with Gasteiger partial charge >= 0.3 is 0 Å². The quantitative estimate of drug-likeness (QED) is 0.714. The zero-order valence-corrected chi connectivity index (χ0v) is 15.1. The highest BCUT2D eigenvalue weighted by Gasteiger charge is 2.08. The molecular weight excluding hydrogens is 314 g/mol. The Morgan fingerprint density at radius 1 is 1.15 bits per heavy atom. The van der Waals surface area contributed by atoms with Gasteiger partial charge in [-0.25, -0.2) is 0 Å². The van der Waals surface area contributed by atoms with Crippen molar-refractivity contribution in [2.45, 2.75) is 58.9 Å². The minimum Gasteiger partial charge on any atom is -0.496 e. The van der Waals surface area contributed by atoms with E-state index in [0.29, 0.717) is 0 Å². The van der Waals surface area contributed by atoms with Crippen LogP contribution in [-0.2, 0) is 6.42 Å². The van der Waals surface area contributed by atoms with Crippen LogP contribution in [0.25, 0.3) is 0 Å². The fourth-order valence-electron chi connectivity index (χ4n) is 2.16. The summed E-state index contributed by atoms with van der Waals surface area (Å²) < 4.78 is 6.64. The van der Waals surface area contributed by atoms with Crippen molar-refractivity contribution in [2.24, 2.45) is 0 Å². The van der Waals surface area contributed by atoms with E-state index in [2.05, 4.69) is 61.1 Å². The van der Waals surface area contributed by atoms with Gasteiger partial charge in [0, 0.05) is 10.0 Å². The van der Waals surface area contributed by atoms with Crippen molar-refractivity contribution >= 4 is 15.9 Å². The van der Waals surface area contributed by atoms with E-state index in [-0.39, 0.29) is 5.54 Å². The van der Waals surface area contributed by atoms with E-state index in [4.69, 9.17) is 4.74 Å². The molecule has 0 saturated heterocycles. The fourth-order valence-corrected chi connectivity index (χ4v) is 2.55. The lowest BCUT2D eigenvalue weighted by Crippen LogP contribution is -2.36. The van der Waals surface area contributed by atoms with Crippen molar-refractivity contribution in [3.05, 3.63) is 27.7 Å². The average Bonchev–Trinajstić information content (AvgIpc) is 2.36. The average molecular weight is 342 g/mol. The maximum atomic E-state index is 5.47. The summed E-state index contributed by atoms with van der Waals surface area (Å²) in [5.41, 5.74) is 2.75. The summed E-state index contributed by atoms with van der Waals surface area (Å²) in [7, 11) is 1.75. The molecule has 2 nitrogen and oxygen atoms in total. The number of aryl methyl sites for hydroxylation is 2. The first-order chi connectivity index (χ1) is 9.33. The van der Waals surface area contributed by atoms with Gasteiger partial charge in [-0.1, -0.05) is 22.4 Å². The van der Waals surface area contributed by atoms with Crippen molar-refractivity contribution in [1.82, 2.24) is 5.32 Å². The number of hydrogen-bond acceptors (Lipinski definition) is 2. The zero-order valence-electron chi connectivity index (χ0n) is 13.5. The lowest BCUT2D eigenvalue weighted by molar-refractivity contribution is 0.406. The predicted molar refractivity (Wildman–Crippen MR) is 90.7 cm³/mol. The Labute approximate surface area is 132 Å². The third-order valence-corrected chi connectivity index (χ3v) is 4.19. The van der Waals surface area contributed by atoms with E-state index in [1.807, 2.05) is 0 Å². The van der Waals surface area contributed by atoms with Gasteiger partial charge in [0.15, 0.2) is 0 Å². The van der Waals surface area contributed by atoms with Crippen molar-refractivity contribution in [3.8, 4) is 5.75 Å². The molecule has 0 aliphatic rings. The number of nitrogens with one attached hydrogen (secondary N) is 1. The molecule has 1 N–H and O–H groups in total. The molecule has 0 amide bonds. The maximum Gasteiger partial charge on any atom is 0.122 e. The van der Waals surface area contributed by atoms with Crippen LogP contribution >= 0.6 is 15.9 Å². The molecule has 0 aliphatic carbocycles. The number of rotatable bonds is 7. The molecule has 0 atom stereocenters. The topological polar surface area (TPSA) is 21.3 Å². The Morgan fingerprint density at radius 3 is 2.45 bits per heavy atom. The largest absolute Gasteiger partial charge is 0.496 e. The van der Waals surface area contributed by atoms with Crippen LogP contribution < -0.4 is 10.1 Å². The molecule has 1 aromatic carbocycles. The highest BCUT2D eigenvalue weighted by molar-refractivity contribution is 9.10. The summed E-state index contributed by atoms with van der Waals surface area (Å²) in [4.78, 5) is 0. The number of halogens is 1. The third kappa shape index (κ3) is 6.27. The van der Waals surface area contributed by atoms with E-state index in [1.54, 1.807) is 7.11 Å². The third-order valence-electron chi connectivity index (χ3n) is 3.34. The second-order valence-electron chi connectivity index (χ2n) is 6.40. The van der Waals surface area contributed by atoms with Crippen molar-refractivity contribution in [3.63, 3.8) is 0 Å². The van der Waals surface area contributed by atoms with Crippen LogP contribution in [0.4, 0.5) is 0 Å². The van der Waals surface area contributed by atoms with Crippen LogP contribution in [-0.4, -0.2) is 19.2 Å². The zero-order chi connectivity index (χ0) is 15.2. The first-order valence-corrected chi connectivity index (χ1v) is 8.21. The Hall–Kier alpha value is -0.540. The summed E-state index contributed by atoms with van der Waals surface area (Å²) >= 11 is 3.60. The van der Waals surface area contributed by atoms with E-state index >= 15 is 0 Å². The number of hydrogen-bond donors (Lipinski definition) is 1. The fraction of sp³-hybridized carbons (Fsp3) is 0.647. The maximum absolute atomic E-state index is 5.47. The summed E-state index contributed by atoms with van der Waals surface area (Å²) in [6.07, 6.45) is 4.76. The van der Waals surface area contributed by atoms with Crippen molar-refractivity contribution < 1.29 is 4.74 Å². The first kappa shape index (κ1) is 17.5. The molecule has 0 aromatic heterocycles. The molecule has 0 unspecified atom stereocenters. The summed E-state index contributed by atoms with van der Waals surface area (Å²) in [5.74, 6) is 1.01. The SMILES string of the molecule is COc1cc(C)c(Br)cc1CCCCCNC(C)(C)C. The van der Waals surface area contributed by atoms with E-state index in [0.717, 1.165) is 18.7 Å². The van der Waals surface area contributed by atoms with Gasteiger partial charge in [0.05, 0.1) is 7.11 Å². The monoisotopic (exact) mass is 341 g/mol. The Bertz CT molecular complexity index is 424. The number of ether oxygens (including phenoxy) is 1. The normalized spacial score (nSPS) is 11.7. The summed E-state index contributed by atoms with van der Waals surface area (Å²) in [5, 5.41) is 3.53. The Balaban J connectivity index is 2.37. The molecule has 1 aromatic rings. The second-order valence-corrected chi connectivity index (χ2v) is 7.26. The van der Waals surface area contributed by atoms with E-state index in [9.17, 15) is 0 Å². The smallest absolute Gasteiger partial charge is 0.122 e. The molecule has 0 bridgehead atoms. The van der Waals surface area contributed by atoms with Gasteiger partial charge in [0.25, 0.3) is 0 Å². The molecule has 114 valence electrons. The second kappa shape index (κ2) is 8.04. The number of benzene rings is 1. The van der Waals surface area contributed by atoms with Gasteiger partial charge < -0.3 is 10.1 Å². The van der Waals surface area contributed by atoms with Crippen LogP contribution in [0.1, 0.15) is 51.2 Å². The van der Waals surface area contributed by atoms with Gasteiger partial charge in [-0.15, -0.1) is 0 Å². The van der Waals surface area contributed by atoms with Gasteiger partial charge in [-0.2, -0.15) is 0 Å². The number of unbranched alkanes of at least 4 members (excludes halogenated alkanes) is 2. The van der Waals surface area contributed by atoms with Gasteiger partial charge in [0.1, 0.15) is 5.75 Å². The Morgan fingerprint density at radius 2 is 1.85 bits per heavy atom. The van der Waals surface area contributed by atoms with Crippen LogP contribution in [0.2, 0.25) is 0 Å². The standard InChI is InChI=1S/C17H28BrNO/c1-13-11-16(20-5)14(12-15(13)18)9-7-6-8-10-19-17(2,3)4/h11-12,19H,6-10H2,1-5H3. The summed E-state index contributed by atoms with van der Waals surface area (Å²) in [6, 6.07) is 4.31. The predicted octanol–water partition coefficient (Wildman–Crippen LogP) is 4.87. The molecule has 20 heavy (non-hydrogen) atoms. The minimum absolute atomic E-state index is 0.227. The lowest BCUT2D eigenvalue weighted by atomic mass is 10.0. The highest BCUT2D eigenvalue weighted by Crippen LogP contribution is 2.28. The molecule has 0 saturated carbocycles. The van der Waals surface area contributed by atoms with Crippen LogP contribution in [0.5, 0.6) is 5.75 Å². The molecule has 0 spiro atoms. The first-order valence-electron chi connectivity index (χ1n) is 7.41. The van der Waals surface area contributed by atoms with E-state index in [1.165, 1.54) is 34.9 Å². The van der Waals surface area contributed by atoms with Gasteiger partial charge in [-0.3, -0.25) is 0 Å². The van der Waals surface area contributed by atoms with Crippen LogP contribution in [0, 0.1) is 6.92 Å². The molecule has 0 fully saturated rings. The van der Waals surface area contributed by atoms with Crippen LogP contribution in [0.15, 0.2) is 16.6 Å². The molecule has 3 heteroatoms. The number of methoxy groups -OCH3 is 1. The van der Waals surface area contributed by atoms with E-state index < -0.39 is 0 Å². The Kier molecular flexibility index (Phi) is 7.04. The molecule has 1 rings (SSSR count). The van der Waals surface area contributed by atoms with Gasteiger partial charge in [-0.05, 0) is 76.8 Å². The lowest BCUT2D eigenvalue weighted by Gasteiger charge is -2.20. The van der Waals surface area contributed by atoms with Crippen molar-refractivity contribution in [1.29, 1.82) is 0 Å². The molecule has 0 heterocycles. The van der Waals surface area contributed by atoms with Crippen molar-refractivity contribution in [2.75, 3.05) is 13.7 Å². The summed E-state index contributed by atoms with van der Waals surface area (Å²) in [6.45, 7) is 9.82.